The zero-order chi connectivity index (χ0) is 15.6. The van der Waals surface area contributed by atoms with Gasteiger partial charge in [-0.2, -0.15) is 0 Å². The van der Waals surface area contributed by atoms with Crippen LogP contribution in [0.25, 0.3) is 16.3 Å². The molecule has 0 saturated heterocycles. The number of carbonyl (C=O) groups excluding carboxylic acids is 1. The summed E-state index contributed by atoms with van der Waals surface area (Å²) in [6.07, 6.45) is 2.08. The number of cyclic esters (lactones) is 1. The van der Waals surface area contributed by atoms with Crippen molar-refractivity contribution in [2.45, 2.75) is 12.5 Å². The van der Waals surface area contributed by atoms with Crippen molar-refractivity contribution in [2.24, 2.45) is 0 Å². The van der Waals surface area contributed by atoms with Crippen LogP contribution in [-0.4, -0.2) is 5.97 Å². The predicted octanol–water partition coefficient (Wildman–Crippen LogP) is 4.91. The van der Waals surface area contributed by atoms with Gasteiger partial charge in [0.05, 0.1) is 0 Å². The first-order chi connectivity index (χ1) is 11.3. The molecule has 1 aliphatic rings. The average Bonchev–Trinajstić information content (AvgIpc) is 2.61. The fourth-order valence-electron chi connectivity index (χ4n) is 3.06. The van der Waals surface area contributed by atoms with Crippen LogP contribution >= 0.6 is 0 Å². The second kappa shape index (κ2) is 5.73. The lowest BCUT2D eigenvalue weighted by atomic mass is 9.93. The number of hydrogen-bond donors (Lipinski definition) is 0. The van der Waals surface area contributed by atoms with Gasteiger partial charge in [-0.1, -0.05) is 66.7 Å². The third-order valence-electron chi connectivity index (χ3n) is 4.25. The van der Waals surface area contributed by atoms with E-state index in [1.54, 1.807) is 6.08 Å². The summed E-state index contributed by atoms with van der Waals surface area (Å²) in [7, 11) is 0. The summed E-state index contributed by atoms with van der Waals surface area (Å²) in [6.45, 7) is 0. The van der Waals surface area contributed by atoms with E-state index in [-0.39, 0.29) is 12.1 Å². The predicted molar refractivity (Wildman–Crippen MR) is 91.8 cm³/mol. The van der Waals surface area contributed by atoms with Crippen LogP contribution in [0, 0.1) is 0 Å². The SMILES string of the molecule is O=C1C=C(c2ccccc2)C[C@H](c2ccc3ccccc3c2)O1. The minimum absolute atomic E-state index is 0.229. The third-order valence-corrected chi connectivity index (χ3v) is 4.25. The number of hydrogen-bond acceptors (Lipinski definition) is 2. The normalized spacial score (nSPS) is 17.7. The Kier molecular flexibility index (Phi) is 3.43. The van der Waals surface area contributed by atoms with Crippen molar-refractivity contribution in [2.75, 3.05) is 0 Å². The molecule has 0 amide bonds. The number of carbonyl (C=O) groups is 1. The summed E-state index contributed by atoms with van der Waals surface area (Å²) in [4.78, 5) is 12.0. The van der Waals surface area contributed by atoms with Gasteiger partial charge in [-0.05, 0) is 33.5 Å². The van der Waals surface area contributed by atoms with Crippen LogP contribution in [0.2, 0.25) is 0 Å². The molecule has 0 aromatic heterocycles. The summed E-state index contributed by atoms with van der Waals surface area (Å²) in [6, 6.07) is 24.5. The van der Waals surface area contributed by atoms with Gasteiger partial charge in [-0.15, -0.1) is 0 Å². The van der Waals surface area contributed by atoms with Gasteiger partial charge in [0, 0.05) is 12.5 Å². The fourth-order valence-corrected chi connectivity index (χ4v) is 3.06. The summed E-state index contributed by atoms with van der Waals surface area (Å²) in [5.74, 6) is -0.270. The zero-order valence-corrected chi connectivity index (χ0v) is 12.6. The molecule has 3 aromatic carbocycles. The Hall–Kier alpha value is -2.87. The average molecular weight is 300 g/mol. The molecule has 0 radical (unpaired) electrons. The van der Waals surface area contributed by atoms with Crippen molar-refractivity contribution in [3.05, 3.63) is 90.0 Å². The Bertz CT molecular complexity index is 894. The maximum atomic E-state index is 12.0. The van der Waals surface area contributed by atoms with Crippen LogP contribution in [0.4, 0.5) is 0 Å². The van der Waals surface area contributed by atoms with Gasteiger partial charge in [0.25, 0.3) is 0 Å². The van der Waals surface area contributed by atoms with Gasteiger partial charge in [-0.3, -0.25) is 0 Å². The standard InChI is InChI=1S/C21H16O2/c22-21-14-19(15-6-2-1-3-7-15)13-20(23-21)18-11-10-16-8-4-5-9-17(16)12-18/h1-12,14,20H,13H2/t20-/m1/s1. The highest BCUT2D eigenvalue weighted by molar-refractivity contribution is 5.93. The Labute approximate surface area is 135 Å². The first kappa shape index (κ1) is 13.8. The van der Waals surface area contributed by atoms with Crippen LogP contribution in [0.1, 0.15) is 23.7 Å². The molecule has 112 valence electrons. The Morgan fingerprint density at radius 3 is 2.39 bits per heavy atom. The topological polar surface area (TPSA) is 26.3 Å². The van der Waals surface area contributed by atoms with Crippen molar-refractivity contribution in [3.63, 3.8) is 0 Å². The summed E-state index contributed by atoms with van der Waals surface area (Å²) in [5.41, 5.74) is 3.15. The van der Waals surface area contributed by atoms with Crippen LogP contribution in [0.3, 0.4) is 0 Å². The molecular weight excluding hydrogens is 284 g/mol. The van der Waals surface area contributed by atoms with Crippen molar-refractivity contribution < 1.29 is 9.53 Å². The lowest BCUT2D eigenvalue weighted by Gasteiger charge is -2.24. The van der Waals surface area contributed by atoms with Crippen molar-refractivity contribution in [3.8, 4) is 0 Å². The summed E-state index contributed by atoms with van der Waals surface area (Å²) < 4.78 is 5.56. The second-order valence-corrected chi connectivity index (χ2v) is 5.77. The molecule has 23 heavy (non-hydrogen) atoms. The smallest absolute Gasteiger partial charge is 0.331 e. The Morgan fingerprint density at radius 1 is 0.826 bits per heavy atom. The van der Waals surface area contributed by atoms with Crippen LogP contribution in [0.15, 0.2) is 78.9 Å². The number of ether oxygens (including phenoxy) is 1. The van der Waals surface area contributed by atoms with E-state index < -0.39 is 0 Å². The third kappa shape index (κ3) is 2.76. The van der Waals surface area contributed by atoms with Gasteiger partial charge >= 0.3 is 5.97 Å². The first-order valence-electron chi connectivity index (χ1n) is 7.75. The largest absolute Gasteiger partial charge is 0.454 e. The van der Waals surface area contributed by atoms with Crippen LogP contribution in [0.5, 0.6) is 0 Å². The van der Waals surface area contributed by atoms with E-state index in [1.165, 1.54) is 5.39 Å². The quantitative estimate of drug-likeness (QED) is 0.628. The van der Waals surface area contributed by atoms with E-state index in [4.69, 9.17) is 4.74 Å². The zero-order valence-electron chi connectivity index (χ0n) is 12.6. The number of fused-ring (bicyclic) bond motifs is 1. The molecule has 0 spiro atoms. The molecule has 2 heteroatoms. The maximum absolute atomic E-state index is 12.0. The Balaban J connectivity index is 1.69. The number of rotatable bonds is 2. The molecule has 1 atom stereocenters. The van der Waals surface area contributed by atoms with E-state index in [0.717, 1.165) is 22.1 Å². The minimum atomic E-state index is -0.270. The summed E-state index contributed by atoms with van der Waals surface area (Å²) in [5, 5.41) is 2.36. The maximum Gasteiger partial charge on any atom is 0.331 e. The van der Waals surface area contributed by atoms with Gasteiger partial charge in [0.1, 0.15) is 6.10 Å². The van der Waals surface area contributed by atoms with Crippen LogP contribution < -0.4 is 0 Å². The van der Waals surface area contributed by atoms with Crippen molar-refractivity contribution >= 4 is 22.3 Å². The molecular formula is C21H16O2. The van der Waals surface area contributed by atoms with Crippen molar-refractivity contribution in [1.29, 1.82) is 0 Å². The first-order valence-corrected chi connectivity index (χ1v) is 7.75. The van der Waals surface area contributed by atoms with Gasteiger partial charge in [0.2, 0.25) is 0 Å². The molecule has 0 aliphatic carbocycles. The Morgan fingerprint density at radius 2 is 1.57 bits per heavy atom. The lowest BCUT2D eigenvalue weighted by molar-refractivity contribution is -0.144. The molecule has 3 aromatic rings. The monoisotopic (exact) mass is 300 g/mol. The number of benzene rings is 3. The molecule has 2 nitrogen and oxygen atoms in total. The number of esters is 1. The van der Waals surface area contributed by atoms with E-state index in [2.05, 4.69) is 24.3 Å². The molecule has 4 rings (SSSR count). The van der Waals surface area contributed by atoms with E-state index >= 15 is 0 Å². The molecule has 0 unspecified atom stereocenters. The fraction of sp³-hybridized carbons (Fsp3) is 0.0952. The van der Waals surface area contributed by atoms with Gasteiger partial charge < -0.3 is 4.74 Å². The molecule has 1 heterocycles. The highest BCUT2D eigenvalue weighted by atomic mass is 16.5. The minimum Gasteiger partial charge on any atom is -0.454 e. The lowest BCUT2D eigenvalue weighted by Crippen LogP contribution is -2.15. The molecule has 1 aliphatic heterocycles. The highest BCUT2D eigenvalue weighted by Gasteiger charge is 2.24. The van der Waals surface area contributed by atoms with Gasteiger partial charge in [0.15, 0.2) is 0 Å². The molecule has 0 N–H and O–H groups in total. The van der Waals surface area contributed by atoms with Crippen LogP contribution in [-0.2, 0) is 9.53 Å². The molecule has 0 saturated carbocycles. The van der Waals surface area contributed by atoms with Gasteiger partial charge in [-0.25, -0.2) is 4.79 Å². The van der Waals surface area contributed by atoms with Crippen molar-refractivity contribution in [1.82, 2.24) is 0 Å². The second-order valence-electron chi connectivity index (χ2n) is 5.77. The summed E-state index contributed by atoms with van der Waals surface area (Å²) >= 11 is 0. The van der Waals surface area contributed by atoms with E-state index in [9.17, 15) is 4.79 Å². The van der Waals surface area contributed by atoms with E-state index in [1.807, 2.05) is 48.5 Å². The molecule has 0 fully saturated rings. The van der Waals surface area contributed by atoms with E-state index in [0.29, 0.717) is 6.42 Å². The highest BCUT2D eigenvalue weighted by Crippen LogP contribution is 2.35. The molecule has 0 bridgehead atoms.